The fourth-order valence-electron chi connectivity index (χ4n) is 0.964. The second kappa shape index (κ2) is 4.24. The summed E-state index contributed by atoms with van der Waals surface area (Å²) in [5, 5.41) is 0. The summed E-state index contributed by atoms with van der Waals surface area (Å²) in [5.41, 5.74) is 0.533. The SMILES string of the molecule is C=C/C(F)=C(\C=C/C)C(C)(C)C. The minimum absolute atomic E-state index is 0.162. The highest BCUT2D eigenvalue weighted by atomic mass is 19.1. The highest BCUT2D eigenvalue weighted by Gasteiger charge is 2.17. The number of hydrogen-bond acceptors (Lipinski definition) is 0. The molecule has 0 aromatic rings. The molecule has 0 aliphatic rings. The third-order valence-electron chi connectivity index (χ3n) is 1.58. The van der Waals surface area contributed by atoms with Crippen molar-refractivity contribution in [2.75, 3.05) is 0 Å². The molecule has 0 aliphatic heterocycles. The van der Waals surface area contributed by atoms with Gasteiger partial charge in [-0.15, -0.1) is 0 Å². The smallest absolute Gasteiger partial charge is 0.126 e. The van der Waals surface area contributed by atoms with Crippen LogP contribution in [0.5, 0.6) is 0 Å². The van der Waals surface area contributed by atoms with E-state index in [1.807, 2.05) is 33.8 Å². The first-order valence-electron chi connectivity index (χ1n) is 4.09. The van der Waals surface area contributed by atoms with Gasteiger partial charge in [0.15, 0.2) is 0 Å². The Labute approximate surface area is 74.5 Å². The van der Waals surface area contributed by atoms with Crippen LogP contribution in [-0.2, 0) is 0 Å². The molecule has 0 atom stereocenters. The van der Waals surface area contributed by atoms with E-state index in [9.17, 15) is 4.39 Å². The number of hydrogen-bond donors (Lipinski definition) is 0. The lowest BCUT2D eigenvalue weighted by Crippen LogP contribution is -2.08. The Kier molecular flexibility index (Phi) is 3.94. The third kappa shape index (κ3) is 3.04. The van der Waals surface area contributed by atoms with E-state index in [0.29, 0.717) is 5.57 Å². The van der Waals surface area contributed by atoms with Crippen LogP contribution in [0.3, 0.4) is 0 Å². The average molecular weight is 168 g/mol. The van der Waals surface area contributed by atoms with Gasteiger partial charge >= 0.3 is 0 Å². The van der Waals surface area contributed by atoms with Gasteiger partial charge in [-0.25, -0.2) is 4.39 Å². The highest BCUT2D eigenvalue weighted by Crippen LogP contribution is 2.29. The third-order valence-corrected chi connectivity index (χ3v) is 1.58. The number of halogens is 1. The van der Waals surface area contributed by atoms with Gasteiger partial charge in [0.1, 0.15) is 5.83 Å². The van der Waals surface area contributed by atoms with Gasteiger partial charge in [0.05, 0.1) is 0 Å². The number of rotatable bonds is 2. The summed E-state index contributed by atoms with van der Waals surface area (Å²) in [6, 6.07) is 0. The molecule has 1 heteroatoms. The van der Waals surface area contributed by atoms with Gasteiger partial charge in [0.25, 0.3) is 0 Å². The van der Waals surface area contributed by atoms with Crippen LogP contribution in [0.1, 0.15) is 27.7 Å². The predicted octanol–water partition coefficient (Wildman–Crippen LogP) is 4.02. The van der Waals surface area contributed by atoms with Crippen LogP contribution >= 0.6 is 0 Å². The van der Waals surface area contributed by atoms with E-state index < -0.39 is 0 Å². The van der Waals surface area contributed by atoms with Crippen molar-refractivity contribution in [3.05, 3.63) is 36.2 Å². The van der Waals surface area contributed by atoms with Crippen molar-refractivity contribution in [3.63, 3.8) is 0 Å². The van der Waals surface area contributed by atoms with E-state index in [1.54, 1.807) is 6.08 Å². The van der Waals surface area contributed by atoms with Crippen LogP contribution in [0.2, 0.25) is 0 Å². The van der Waals surface area contributed by atoms with Gasteiger partial charge in [-0.1, -0.05) is 39.5 Å². The first-order chi connectivity index (χ1) is 5.43. The summed E-state index contributed by atoms with van der Waals surface area (Å²) in [7, 11) is 0. The summed E-state index contributed by atoms with van der Waals surface area (Å²) in [6.45, 7) is 11.2. The molecule has 0 aliphatic carbocycles. The van der Waals surface area contributed by atoms with E-state index in [0.717, 1.165) is 0 Å². The molecule has 0 aromatic heterocycles. The maximum absolute atomic E-state index is 13.2. The molecule has 0 unspecified atom stereocenters. The molecule has 0 aromatic carbocycles. The average Bonchev–Trinajstić information content (AvgIpc) is 1.96. The van der Waals surface area contributed by atoms with E-state index in [1.165, 1.54) is 6.08 Å². The second-order valence-corrected chi connectivity index (χ2v) is 3.72. The Balaban J connectivity index is 5.05. The summed E-state index contributed by atoms with van der Waals surface area (Å²) in [6.07, 6.45) is 4.88. The molecule has 12 heavy (non-hydrogen) atoms. The Bertz CT molecular complexity index is 214. The van der Waals surface area contributed by atoms with Crippen LogP contribution in [0, 0.1) is 5.41 Å². The van der Waals surface area contributed by atoms with Crippen LogP contribution < -0.4 is 0 Å². The molecule has 0 bridgehead atoms. The first kappa shape index (κ1) is 11.2. The van der Waals surface area contributed by atoms with Crippen molar-refractivity contribution >= 4 is 0 Å². The van der Waals surface area contributed by atoms with Crippen molar-refractivity contribution in [1.82, 2.24) is 0 Å². The van der Waals surface area contributed by atoms with Gasteiger partial charge in [-0.05, 0) is 24.0 Å². The quantitative estimate of drug-likeness (QED) is 0.546. The minimum Gasteiger partial charge on any atom is -0.207 e. The van der Waals surface area contributed by atoms with E-state index >= 15 is 0 Å². The van der Waals surface area contributed by atoms with Crippen LogP contribution in [0.15, 0.2) is 36.2 Å². The predicted molar refractivity (Wildman–Crippen MR) is 52.6 cm³/mol. The van der Waals surface area contributed by atoms with E-state index in [-0.39, 0.29) is 11.2 Å². The normalized spacial score (nSPS) is 14.8. The Morgan fingerprint density at radius 1 is 1.33 bits per heavy atom. The summed E-state index contributed by atoms with van der Waals surface area (Å²) < 4.78 is 13.2. The maximum atomic E-state index is 13.2. The molecular weight excluding hydrogens is 151 g/mol. The fourth-order valence-corrected chi connectivity index (χ4v) is 0.964. The zero-order valence-electron chi connectivity index (χ0n) is 8.32. The zero-order valence-corrected chi connectivity index (χ0v) is 8.32. The molecular formula is C11H17F. The van der Waals surface area contributed by atoms with Crippen LogP contribution in [-0.4, -0.2) is 0 Å². The van der Waals surface area contributed by atoms with Crippen molar-refractivity contribution in [2.45, 2.75) is 27.7 Å². The maximum Gasteiger partial charge on any atom is 0.126 e. The van der Waals surface area contributed by atoms with Crippen LogP contribution in [0.25, 0.3) is 0 Å². The monoisotopic (exact) mass is 168 g/mol. The van der Waals surface area contributed by atoms with Crippen molar-refractivity contribution in [3.8, 4) is 0 Å². The lowest BCUT2D eigenvalue weighted by molar-refractivity contribution is 0.490. The molecule has 0 heterocycles. The largest absolute Gasteiger partial charge is 0.207 e. The standard InChI is InChI=1S/C11H17F/c1-6-8-9(10(12)7-2)11(3,4)5/h6-8H,2H2,1,3-5H3/b8-6-,10-9-. The molecule has 0 rings (SSSR count). The van der Waals surface area contributed by atoms with Gasteiger partial charge in [-0.2, -0.15) is 0 Å². The molecule has 0 nitrogen and oxygen atoms in total. The summed E-state index contributed by atoms with van der Waals surface area (Å²) in [5.74, 6) is -0.236. The summed E-state index contributed by atoms with van der Waals surface area (Å²) in [4.78, 5) is 0. The molecule has 0 saturated heterocycles. The van der Waals surface area contributed by atoms with Crippen molar-refractivity contribution < 1.29 is 4.39 Å². The van der Waals surface area contributed by atoms with Gasteiger partial charge < -0.3 is 0 Å². The molecule has 0 fully saturated rings. The lowest BCUT2D eigenvalue weighted by Gasteiger charge is -2.20. The molecule has 0 radical (unpaired) electrons. The lowest BCUT2D eigenvalue weighted by atomic mass is 9.85. The number of allylic oxidation sites excluding steroid dienone is 5. The van der Waals surface area contributed by atoms with E-state index in [2.05, 4.69) is 6.58 Å². The zero-order chi connectivity index (χ0) is 9.78. The first-order valence-corrected chi connectivity index (χ1v) is 4.09. The highest BCUT2D eigenvalue weighted by molar-refractivity contribution is 5.32. The Hall–Kier alpha value is -0.850. The van der Waals surface area contributed by atoms with Gasteiger partial charge in [-0.3, -0.25) is 0 Å². The van der Waals surface area contributed by atoms with Crippen LogP contribution in [0.4, 0.5) is 4.39 Å². The molecule has 0 saturated carbocycles. The van der Waals surface area contributed by atoms with Crippen molar-refractivity contribution in [1.29, 1.82) is 0 Å². The Morgan fingerprint density at radius 2 is 1.83 bits per heavy atom. The molecule has 0 spiro atoms. The Morgan fingerprint density at radius 3 is 2.08 bits per heavy atom. The van der Waals surface area contributed by atoms with Gasteiger partial charge in [0.2, 0.25) is 0 Å². The minimum atomic E-state index is -0.236. The fraction of sp³-hybridized carbons (Fsp3) is 0.455. The summed E-state index contributed by atoms with van der Waals surface area (Å²) >= 11 is 0. The molecule has 0 N–H and O–H groups in total. The van der Waals surface area contributed by atoms with Crippen molar-refractivity contribution in [2.24, 2.45) is 5.41 Å². The molecule has 68 valence electrons. The topological polar surface area (TPSA) is 0 Å². The van der Waals surface area contributed by atoms with E-state index in [4.69, 9.17) is 0 Å². The second-order valence-electron chi connectivity index (χ2n) is 3.72. The molecule has 0 amide bonds. The van der Waals surface area contributed by atoms with Gasteiger partial charge in [0, 0.05) is 0 Å².